The molecule has 2 rings (SSSR count). The van der Waals surface area contributed by atoms with Crippen molar-refractivity contribution < 1.29 is 4.79 Å². The topological polar surface area (TPSA) is 54.0 Å². The molecule has 1 aliphatic rings. The molecule has 1 fully saturated rings. The van der Waals surface area contributed by atoms with Crippen LogP contribution < -0.4 is 10.6 Å². The molecule has 0 spiro atoms. The molecule has 4 nitrogen and oxygen atoms in total. The molecule has 18 heavy (non-hydrogen) atoms. The Kier molecular flexibility index (Phi) is 4.72. The zero-order chi connectivity index (χ0) is 13.0. The van der Waals surface area contributed by atoms with Gasteiger partial charge in [-0.15, -0.1) is 11.3 Å². The van der Waals surface area contributed by atoms with E-state index in [4.69, 9.17) is 0 Å². The van der Waals surface area contributed by atoms with E-state index in [1.54, 1.807) is 11.3 Å². The van der Waals surface area contributed by atoms with Gasteiger partial charge in [-0.05, 0) is 39.7 Å². The highest BCUT2D eigenvalue weighted by atomic mass is 32.1. The Morgan fingerprint density at radius 2 is 2.39 bits per heavy atom. The SMILES string of the molecule is Cc1ncsc1C(C)NCCCC(=O)NC1CC1. The van der Waals surface area contributed by atoms with E-state index in [0.717, 1.165) is 31.5 Å². The minimum absolute atomic E-state index is 0.195. The lowest BCUT2D eigenvalue weighted by Crippen LogP contribution is -2.27. The first kappa shape index (κ1) is 13.5. The van der Waals surface area contributed by atoms with Crippen LogP contribution >= 0.6 is 11.3 Å². The molecule has 1 aromatic rings. The van der Waals surface area contributed by atoms with E-state index < -0.39 is 0 Å². The first-order valence-electron chi connectivity index (χ1n) is 6.59. The lowest BCUT2D eigenvalue weighted by atomic mass is 10.2. The van der Waals surface area contributed by atoms with Crippen LogP contribution in [0.3, 0.4) is 0 Å². The number of hydrogen-bond acceptors (Lipinski definition) is 4. The number of thiazole rings is 1. The number of amides is 1. The Morgan fingerprint density at radius 1 is 1.61 bits per heavy atom. The monoisotopic (exact) mass is 267 g/mol. The minimum Gasteiger partial charge on any atom is -0.353 e. The second-order valence-electron chi connectivity index (χ2n) is 4.92. The van der Waals surface area contributed by atoms with Gasteiger partial charge in [-0.2, -0.15) is 0 Å². The molecular weight excluding hydrogens is 246 g/mol. The highest BCUT2D eigenvalue weighted by molar-refractivity contribution is 7.09. The number of rotatable bonds is 7. The summed E-state index contributed by atoms with van der Waals surface area (Å²) in [6.45, 7) is 5.05. The molecule has 0 bridgehead atoms. The molecule has 1 unspecified atom stereocenters. The van der Waals surface area contributed by atoms with Crippen molar-refractivity contribution in [2.24, 2.45) is 0 Å². The van der Waals surface area contributed by atoms with Crippen LogP contribution in [0.4, 0.5) is 0 Å². The molecule has 2 N–H and O–H groups in total. The highest BCUT2D eigenvalue weighted by Crippen LogP contribution is 2.21. The summed E-state index contributed by atoms with van der Waals surface area (Å²) in [7, 11) is 0. The van der Waals surface area contributed by atoms with E-state index >= 15 is 0 Å². The summed E-state index contributed by atoms with van der Waals surface area (Å²) in [6, 6.07) is 0.799. The third kappa shape index (κ3) is 4.07. The number of aryl methyl sites for hydroxylation is 1. The fourth-order valence-corrected chi connectivity index (χ4v) is 2.75. The smallest absolute Gasteiger partial charge is 0.220 e. The number of nitrogens with one attached hydrogen (secondary N) is 2. The second kappa shape index (κ2) is 6.29. The Balaban J connectivity index is 1.60. The molecule has 1 saturated carbocycles. The summed E-state index contributed by atoms with van der Waals surface area (Å²) in [5.74, 6) is 0.195. The summed E-state index contributed by atoms with van der Waals surface area (Å²) in [6.07, 6.45) is 3.83. The van der Waals surface area contributed by atoms with Crippen LogP contribution in [0.1, 0.15) is 49.2 Å². The summed E-state index contributed by atoms with van der Waals surface area (Å²) in [4.78, 5) is 17.0. The van der Waals surface area contributed by atoms with Crippen LogP contribution in [0.2, 0.25) is 0 Å². The molecule has 1 aromatic heterocycles. The van der Waals surface area contributed by atoms with Crippen LogP contribution in [0.5, 0.6) is 0 Å². The molecule has 0 aromatic carbocycles. The van der Waals surface area contributed by atoms with Crippen molar-refractivity contribution in [3.05, 3.63) is 16.1 Å². The van der Waals surface area contributed by atoms with Crippen LogP contribution in [0.15, 0.2) is 5.51 Å². The molecule has 0 aliphatic heterocycles. The van der Waals surface area contributed by atoms with Gasteiger partial charge in [0.2, 0.25) is 5.91 Å². The standard InChI is InChI=1S/C13H21N3OS/c1-9(13-10(2)15-8-18-13)14-7-3-4-12(17)16-11-5-6-11/h8-9,11,14H,3-7H2,1-2H3,(H,16,17). The van der Waals surface area contributed by atoms with Crippen molar-refractivity contribution in [2.45, 2.75) is 51.6 Å². The number of nitrogens with zero attached hydrogens (tertiary/aromatic N) is 1. The zero-order valence-electron chi connectivity index (χ0n) is 11.0. The van der Waals surface area contributed by atoms with Gasteiger partial charge >= 0.3 is 0 Å². The maximum atomic E-state index is 11.5. The molecule has 5 heteroatoms. The molecule has 1 amide bonds. The third-order valence-corrected chi connectivity index (χ3v) is 4.26. The average molecular weight is 267 g/mol. The summed E-state index contributed by atoms with van der Waals surface area (Å²) < 4.78 is 0. The van der Waals surface area contributed by atoms with Crippen molar-refractivity contribution in [3.63, 3.8) is 0 Å². The van der Waals surface area contributed by atoms with E-state index in [-0.39, 0.29) is 5.91 Å². The van der Waals surface area contributed by atoms with Gasteiger partial charge in [0.1, 0.15) is 0 Å². The molecular formula is C13H21N3OS. The van der Waals surface area contributed by atoms with Gasteiger partial charge in [0.25, 0.3) is 0 Å². The van der Waals surface area contributed by atoms with Crippen molar-refractivity contribution in [2.75, 3.05) is 6.54 Å². The van der Waals surface area contributed by atoms with E-state index in [1.807, 2.05) is 12.4 Å². The Hall–Kier alpha value is -0.940. The fraction of sp³-hybridized carbons (Fsp3) is 0.692. The lowest BCUT2D eigenvalue weighted by Gasteiger charge is -2.12. The number of carbonyl (C=O) groups is 1. The van der Waals surface area contributed by atoms with E-state index in [2.05, 4.69) is 22.5 Å². The minimum atomic E-state index is 0.195. The Labute approximate surface area is 112 Å². The summed E-state index contributed by atoms with van der Waals surface area (Å²) in [5.41, 5.74) is 2.98. The highest BCUT2D eigenvalue weighted by Gasteiger charge is 2.22. The van der Waals surface area contributed by atoms with Crippen molar-refractivity contribution >= 4 is 17.2 Å². The second-order valence-corrected chi connectivity index (χ2v) is 5.81. The van der Waals surface area contributed by atoms with Gasteiger partial charge in [-0.25, -0.2) is 4.98 Å². The average Bonchev–Trinajstić information content (AvgIpc) is 3.04. The quantitative estimate of drug-likeness (QED) is 0.744. The van der Waals surface area contributed by atoms with E-state index in [0.29, 0.717) is 18.5 Å². The number of aromatic nitrogens is 1. The number of carbonyl (C=O) groups excluding carboxylic acids is 1. The normalized spacial score (nSPS) is 16.6. The lowest BCUT2D eigenvalue weighted by molar-refractivity contribution is -0.121. The van der Waals surface area contributed by atoms with Gasteiger partial charge in [-0.1, -0.05) is 0 Å². The van der Waals surface area contributed by atoms with Crippen molar-refractivity contribution in [1.82, 2.24) is 15.6 Å². The van der Waals surface area contributed by atoms with Crippen LogP contribution in [-0.4, -0.2) is 23.5 Å². The first-order chi connectivity index (χ1) is 8.66. The van der Waals surface area contributed by atoms with Gasteiger partial charge in [-0.3, -0.25) is 4.79 Å². The molecule has 1 atom stereocenters. The summed E-state index contributed by atoms with van der Waals surface area (Å²) >= 11 is 1.69. The van der Waals surface area contributed by atoms with E-state index in [9.17, 15) is 4.79 Å². The van der Waals surface area contributed by atoms with Crippen molar-refractivity contribution in [3.8, 4) is 0 Å². The predicted octanol–water partition coefficient (Wildman–Crippen LogP) is 2.16. The molecule has 1 aliphatic carbocycles. The van der Waals surface area contributed by atoms with Crippen LogP contribution in [0.25, 0.3) is 0 Å². The summed E-state index contributed by atoms with van der Waals surface area (Å²) in [5, 5.41) is 6.44. The third-order valence-electron chi connectivity index (χ3n) is 3.15. The Bertz CT molecular complexity index is 401. The molecule has 100 valence electrons. The largest absolute Gasteiger partial charge is 0.353 e. The van der Waals surface area contributed by atoms with Gasteiger partial charge in [0.15, 0.2) is 0 Å². The maximum Gasteiger partial charge on any atom is 0.220 e. The number of hydrogen-bond donors (Lipinski definition) is 2. The Morgan fingerprint density at radius 3 is 3.00 bits per heavy atom. The van der Waals surface area contributed by atoms with Crippen molar-refractivity contribution in [1.29, 1.82) is 0 Å². The van der Waals surface area contributed by atoms with Gasteiger partial charge in [0.05, 0.1) is 11.2 Å². The zero-order valence-corrected chi connectivity index (χ0v) is 11.8. The van der Waals surface area contributed by atoms with Gasteiger partial charge in [0, 0.05) is 23.4 Å². The van der Waals surface area contributed by atoms with Crippen LogP contribution in [0, 0.1) is 6.92 Å². The maximum absolute atomic E-state index is 11.5. The predicted molar refractivity (Wildman–Crippen MR) is 73.7 cm³/mol. The van der Waals surface area contributed by atoms with E-state index in [1.165, 1.54) is 4.88 Å². The molecule has 1 heterocycles. The first-order valence-corrected chi connectivity index (χ1v) is 7.47. The van der Waals surface area contributed by atoms with Crippen LogP contribution in [-0.2, 0) is 4.79 Å². The van der Waals surface area contributed by atoms with Gasteiger partial charge < -0.3 is 10.6 Å². The molecule has 0 saturated heterocycles. The molecule has 0 radical (unpaired) electrons. The fourth-order valence-electron chi connectivity index (χ4n) is 1.91.